The summed E-state index contributed by atoms with van der Waals surface area (Å²) in [5.74, 6) is 1.44. The third-order valence-corrected chi connectivity index (χ3v) is 4.37. The number of aliphatic hydroxyl groups excluding tert-OH is 1. The Hall–Kier alpha value is -0.320. The fourth-order valence-electron chi connectivity index (χ4n) is 2.11. The monoisotopic (exact) mass is 318 g/mol. The largest absolute Gasteiger partial charge is 0.393 e. The van der Waals surface area contributed by atoms with Crippen LogP contribution >= 0.6 is 27.5 Å². The molecular formula is C12H16BrClN2O. The average molecular weight is 320 g/mol. The van der Waals surface area contributed by atoms with Gasteiger partial charge in [0.2, 0.25) is 0 Å². The lowest BCUT2D eigenvalue weighted by Gasteiger charge is -2.25. The second-order valence-electron chi connectivity index (χ2n) is 4.54. The highest BCUT2D eigenvalue weighted by Gasteiger charge is 2.19. The summed E-state index contributed by atoms with van der Waals surface area (Å²) in [6, 6.07) is 1.82. The van der Waals surface area contributed by atoms with E-state index in [-0.39, 0.29) is 6.10 Å². The van der Waals surface area contributed by atoms with E-state index in [9.17, 15) is 5.11 Å². The van der Waals surface area contributed by atoms with E-state index in [1.54, 1.807) is 6.20 Å². The fourth-order valence-corrected chi connectivity index (χ4v) is 2.48. The normalized spacial score (nSPS) is 24.6. The van der Waals surface area contributed by atoms with Gasteiger partial charge in [0.25, 0.3) is 0 Å². The van der Waals surface area contributed by atoms with Gasteiger partial charge in [-0.15, -0.1) is 0 Å². The summed E-state index contributed by atoms with van der Waals surface area (Å²) in [6.45, 7) is 0.900. The van der Waals surface area contributed by atoms with Crippen molar-refractivity contribution in [2.24, 2.45) is 5.92 Å². The second-order valence-corrected chi connectivity index (χ2v) is 5.80. The quantitative estimate of drug-likeness (QED) is 0.897. The van der Waals surface area contributed by atoms with Crippen molar-refractivity contribution in [2.45, 2.75) is 31.8 Å². The van der Waals surface area contributed by atoms with Crippen LogP contribution in [0.15, 0.2) is 16.7 Å². The molecule has 2 rings (SSSR count). The molecule has 2 N–H and O–H groups in total. The molecule has 94 valence electrons. The van der Waals surface area contributed by atoms with Crippen LogP contribution in [0.25, 0.3) is 0 Å². The molecule has 0 aromatic carbocycles. The highest BCUT2D eigenvalue weighted by atomic mass is 79.9. The predicted octanol–water partition coefficient (Wildman–Crippen LogP) is 3.46. The van der Waals surface area contributed by atoms with E-state index in [4.69, 9.17) is 11.6 Å². The lowest BCUT2D eigenvalue weighted by atomic mass is 9.87. The maximum atomic E-state index is 9.42. The first-order valence-electron chi connectivity index (χ1n) is 5.88. The summed E-state index contributed by atoms with van der Waals surface area (Å²) in [7, 11) is 0. The Balaban J connectivity index is 1.83. The molecule has 1 aliphatic rings. The molecule has 0 unspecified atom stereocenters. The maximum Gasteiger partial charge on any atom is 0.127 e. The van der Waals surface area contributed by atoms with Crippen LogP contribution in [0.2, 0.25) is 5.02 Å². The number of hydrogen-bond acceptors (Lipinski definition) is 3. The molecule has 1 saturated carbocycles. The number of nitrogens with one attached hydrogen (secondary N) is 1. The summed E-state index contributed by atoms with van der Waals surface area (Å²) in [6.07, 6.45) is 5.61. The van der Waals surface area contributed by atoms with Gasteiger partial charge in [0.1, 0.15) is 5.82 Å². The van der Waals surface area contributed by atoms with Gasteiger partial charge < -0.3 is 10.4 Å². The van der Waals surface area contributed by atoms with Gasteiger partial charge in [0.15, 0.2) is 0 Å². The van der Waals surface area contributed by atoms with Gasteiger partial charge in [-0.05, 0) is 47.5 Å². The van der Waals surface area contributed by atoms with Crippen molar-refractivity contribution in [3.8, 4) is 0 Å². The summed E-state index contributed by atoms with van der Waals surface area (Å²) in [4.78, 5) is 4.25. The van der Waals surface area contributed by atoms with Crippen LogP contribution in [0.4, 0.5) is 5.82 Å². The number of hydrogen-bond donors (Lipinski definition) is 2. The molecule has 0 aliphatic heterocycles. The van der Waals surface area contributed by atoms with E-state index >= 15 is 0 Å². The first kappa shape index (κ1) is 13.1. The average Bonchev–Trinajstić information content (AvgIpc) is 2.33. The molecule has 1 fully saturated rings. The molecular weight excluding hydrogens is 304 g/mol. The van der Waals surface area contributed by atoms with Gasteiger partial charge in [0, 0.05) is 18.8 Å². The van der Waals surface area contributed by atoms with E-state index in [2.05, 4.69) is 26.2 Å². The Kier molecular flexibility index (Phi) is 4.65. The van der Waals surface area contributed by atoms with E-state index < -0.39 is 0 Å². The van der Waals surface area contributed by atoms with Crippen LogP contribution in [-0.2, 0) is 0 Å². The minimum absolute atomic E-state index is 0.0912. The van der Waals surface area contributed by atoms with Crippen molar-refractivity contribution in [1.82, 2.24) is 4.98 Å². The van der Waals surface area contributed by atoms with E-state index in [1.807, 2.05) is 6.07 Å². The zero-order valence-electron chi connectivity index (χ0n) is 9.50. The van der Waals surface area contributed by atoms with Gasteiger partial charge >= 0.3 is 0 Å². The van der Waals surface area contributed by atoms with Crippen molar-refractivity contribution in [3.63, 3.8) is 0 Å². The Labute approximate surface area is 115 Å². The predicted molar refractivity (Wildman–Crippen MR) is 73.4 cm³/mol. The van der Waals surface area contributed by atoms with Crippen molar-refractivity contribution in [2.75, 3.05) is 11.9 Å². The smallest absolute Gasteiger partial charge is 0.127 e. The molecule has 1 aromatic heterocycles. The van der Waals surface area contributed by atoms with Gasteiger partial charge in [-0.1, -0.05) is 11.6 Å². The molecule has 17 heavy (non-hydrogen) atoms. The lowest BCUT2D eigenvalue weighted by Crippen LogP contribution is -2.23. The molecule has 0 radical (unpaired) electrons. The fraction of sp³-hybridized carbons (Fsp3) is 0.583. The minimum atomic E-state index is -0.0912. The van der Waals surface area contributed by atoms with Crippen LogP contribution in [0.3, 0.4) is 0 Å². The van der Waals surface area contributed by atoms with E-state index in [1.165, 1.54) is 0 Å². The Morgan fingerprint density at radius 1 is 1.41 bits per heavy atom. The van der Waals surface area contributed by atoms with Crippen LogP contribution in [0, 0.1) is 5.92 Å². The maximum absolute atomic E-state index is 9.42. The van der Waals surface area contributed by atoms with Crippen molar-refractivity contribution < 1.29 is 5.11 Å². The third kappa shape index (κ3) is 3.83. The van der Waals surface area contributed by atoms with Crippen molar-refractivity contribution in [3.05, 3.63) is 21.8 Å². The van der Waals surface area contributed by atoms with E-state index in [0.29, 0.717) is 10.9 Å². The number of anilines is 1. The highest BCUT2D eigenvalue weighted by molar-refractivity contribution is 9.10. The molecule has 0 saturated heterocycles. The lowest BCUT2D eigenvalue weighted by molar-refractivity contribution is 0.111. The number of rotatable bonds is 3. The molecule has 0 bridgehead atoms. The van der Waals surface area contributed by atoms with Gasteiger partial charge in [-0.2, -0.15) is 0 Å². The molecule has 0 atom stereocenters. The molecule has 1 aliphatic carbocycles. The Morgan fingerprint density at radius 3 is 2.76 bits per heavy atom. The molecule has 1 aromatic rings. The number of aliphatic hydroxyl groups is 1. The molecule has 0 amide bonds. The molecule has 1 heterocycles. The first-order valence-corrected chi connectivity index (χ1v) is 7.05. The summed E-state index contributed by atoms with van der Waals surface area (Å²) in [5.41, 5.74) is 0. The number of halogens is 2. The number of pyridine rings is 1. The molecule has 3 nitrogen and oxygen atoms in total. The van der Waals surface area contributed by atoms with Crippen LogP contribution < -0.4 is 5.32 Å². The highest BCUT2D eigenvalue weighted by Crippen LogP contribution is 2.26. The van der Waals surface area contributed by atoms with E-state index in [0.717, 1.165) is 42.5 Å². The van der Waals surface area contributed by atoms with Crippen molar-refractivity contribution in [1.29, 1.82) is 0 Å². The minimum Gasteiger partial charge on any atom is -0.393 e. The SMILES string of the molecule is OC1CCC(CNc2cc(Cl)c(Br)cn2)CC1. The summed E-state index contributed by atoms with van der Waals surface area (Å²) < 4.78 is 0.811. The van der Waals surface area contributed by atoms with Gasteiger partial charge in [-0.25, -0.2) is 4.98 Å². The van der Waals surface area contributed by atoms with Crippen LogP contribution in [0.1, 0.15) is 25.7 Å². The molecule has 0 spiro atoms. The summed E-state index contributed by atoms with van der Waals surface area (Å²) in [5, 5.41) is 13.4. The third-order valence-electron chi connectivity index (χ3n) is 3.20. The second kappa shape index (κ2) is 6.03. The van der Waals surface area contributed by atoms with Crippen LogP contribution in [-0.4, -0.2) is 22.7 Å². The zero-order chi connectivity index (χ0) is 12.3. The van der Waals surface area contributed by atoms with Crippen molar-refractivity contribution >= 4 is 33.3 Å². The molecule has 5 heteroatoms. The Morgan fingerprint density at radius 2 is 2.12 bits per heavy atom. The van der Waals surface area contributed by atoms with Crippen LogP contribution in [0.5, 0.6) is 0 Å². The van der Waals surface area contributed by atoms with Gasteiger partial charge in [0.05, 0.1) is 15.6 Å². The topological polar surface area (TPSA) is 45.1 Å². The number of aromatic nitrogens is 1. The standard InChI is InChI=1S/C12H16BrClN2O/c13-10-7-16-12(5-11(10)14)15-6-8-1-3-9(17)4-2-8/h5,7-9,17H,1-4,6H2,(H,15,16). The first-order chi connectivity index (χ1) is 8.15. The van der Waals surface area contributed by atoms with Gasteiger partial charge in [-0.3, -0.25) is 0 Å². The summed E-state index contributed by atoms with van der Waals surface area (Å²) >= 11 is 9.31. The zero-order valence-corrected chi connectivity index (χ0v) is 11.8. The number of nitrogens with zero attached hydrogens (tertiary/aromatic N) is 1. The Bertz CT molecular complexity index is 381.